The number of aryl methyl sites for hydroxylation is 2. The first-order valence-corrected chi connectivity index (χ1v) is 19.2. The number of nitrogens with zero attached hydrogens (tertiary/aromatic N) is 6. The third-order valence-corrected chi connectivity index (χ3v) is 10.7. The van der Waals surface area contributed by atoms with E-state index in [0.717, 1.165) is 12.4 Å². The van der Waals surface area contributed by atoms with E-state index in [9.17, 15) is 27.2 Å². The Morgan fingerprint density at radius 1 is 0.672 bits per heavy atom. The van der Waals surface area contributed by atoms with Gasteiger partial charge in [-0.2, -0.15) is 0 Å². The van der Waals surface area contributed by atoms with E-state index >= 15 is 0 Å². The van der Waals surface area contributed by atoms with Gasteiger partial charge in [0.25, 0.3) is 0 Å². The molecule has 2 saturated carbocycles. The first-order valence-electron chi connectivity index (χ1n) is 18.8. The molecule has 0 saturated heterocycles. The number of hydrogen-bond acceptors (Lipinski definition) is 11. The van der Waals surface area contributed by atoms with Gasteiger partial charge in [-0.25, -0.2) is 47.5 Å². The van der Waals surface area contributed by atoms with Gasteiger partial charge in [-0.3, -0.25) is 9.59 Å². The van der Waals surface area contributed by atoms with Crippen molar-refractivity contribution >= 4 is 35.1 Å². The summed E-state index contributed by atoms with van der Waals surface area (Å²) in [7, 11) is 0. The molecular weight excluding hydrogens is 820 g/mol. The lowest BCUT2D eigenvalue weighted by Gasteiger charge is -2.19. The summed E-state index contributed by atoms with van der Waals surface area (Å²) in [6.45, 7) is 3.40. The summed E-state index contributed by atoms with van der Waals surface area (Å²) in [5, 5.41) is 14.6. The normalized spacial score (nSPS) is 19.8. The Balaban J connectivity index is 0.000000184. The predicted octanol–water partition coefficient (Wildman–Crippen LogP) is 7.01. The zero-order valence-electron chi connectivity index (χ0n) is 32.6. The Kier molecular flexibility index (Phi) is 12.5. The van der Waals surface area contributed by atoms with Crippen LogP contribution in [0.1, 0.15) is 41.2 Å². The number of pyridine rings is 2. The van der Waals surface area contributed by atoms with Crippen molar-refractivity contribution in [3.8, 4) is 11.5 Å². The van der Waals surface area contributed by atoms with Crippen LogP contribution in [-0.2, 0) is 27.0 Å². The molecular formula is C43H37ClF4N8O5. The molecule has 2 aliphatic rings. The summed E-state index contributed by atoms with van der Waals surface area (Å²) in [6.07, 6.45) is 5.87. The number of aromatic nitrogens is 6. The molecule has 2 amide bonds. The van der Waals surface area contributed by atoms with Gasteiger partial charge in [0.05, 0.1) is 61.2 Å². The minimum Gasteiger partial charge on any atom is -0.489 e. The summed E-state index contributed by atoms with van der Waals surface area (Å²) in [4.78, 5) is 49.5. The largest absolute Gasteiger partial charge is 0.489 e. The number of aliphatic hydroxyl groups excluding tert-OH is 1. The lowest BCUT2D eigenvalue weighted by molar-refractivity contribution is -0.118. The van der Waals surface area contributed by atoms with Gasteiger partial charge >= 0.3 is 0 Å². The fourth-order valence-corrected chi connectivity index (χ4v) is 7.22. The van der Waals surface area contributed by atoms with Crippen LogP contribution in [0.4, 0.5) is 29.2 Å². The highest BCUT2D eigenvalue weighted by molar-refractivity contribution is 6.28. The number of anilines is 2. The Bertz CT molecular complexity index is 2560. The molecule has 0 radical (unpaired) electrons. The molecule has 2 aromatic carbocycles. The molecule has 2 fully saturated rings. The van der Waals surface area contributed by atoms with E-state index in [1.807, 2.05) is 0 Å². The summed E-state index contributed by atoms with van der Waals surface area (Å²) in [5.41, 5.74) is 0.937. The van der Waals surface area contributed by atoms with Gasteiger partial charge in [0.2, 0.25) is 17.1 Å². The van der Waals surface area contributed by atoms with Crippen LogP contribution >= 0.6 is 11.6 Å². The predicted molar refractivity (Wildman–Crippen MR) is 213 cm³/mol. The molecule has 3 N–H and O–H groups in total. The Morgan fingerprint density at radius 3 is 1.56 bits per heavy atom. The van der Waals surface area contributed by atoms with Crippen LogP contribution in [0.5, 0.6) is 11.5 Å². The molecule has 4 atom stereocenters. The number of amides is 2. The smallest absolute Gasteiger partial charge is 0.229 e. The van der Waals surface area contributed by atoms with Crippen LogP contribution in [-0.4, -0.2) is 60.0 Å². The molecule has 18 heteroatoms. The molecule has 6 aromatic rings. The average molecular weight is 857 g/mol. The van der Waals surface area contributed by atoms with Gasteiger partial charge in [0.15, 0.2) is 17.3 Å². The SMILES string of the molecule is Cc1nc(CO)ncc1OC[C@@]1(c2cccc(F)c2)C[C@H]1C(=O)Nc1ccc(F)cn1.Cc1nc(Cl)ncc1OC[C@@]1(c2cccc(F)c2)C[C@H]1C(=O)Nc1ccc(F)cn1. The van der Waals surface area contributed by atoms with Gasteiger partial charge in [-0.15, -0.1) is 0 Å². The van der Waals surface area contributed by atoms with Crippen molar-refractivity contribution < 1.29 is 41.7 Å². The van der Waals surface area contributed by atoms with Crippen LogP contribution in [0, 0.1) is 49.0 Å². The molecule has 0 spiro atoms. The van der Waals surface area contributed by atoms with Crippen molar-refractivity contribution in [1.29, 1.82) is 0 Å². The fraction of sp³-hybridized carbons (Fsp3) is 0.256. The maximum absolute atomic E-state index is 13.9. The summed E-state index contributed by atoms with van der Waals surface area (Å²) in [6, 6.07) is 17.4. The summed E-state index contributed by atoms with van der Waals surface area (Å²) in [5.74, 6) is -1.78. The van der Waals surface area contributed by atoms with Crippen molar-refractivity contribution in [2.75, 3.05) is 23.8 Å². The van der Waals surface area contributed by atoms with Crippen LogP contribution in [0.15, 0.2) is 97.6 Å². The molecule has 13 nitrogen and oxygen atoms in total. The lowest BCUT2D eigenvalue weighted by Crippen LogP contribution is -2.27. The van der Waals surface area contributed by atoms with Crippen LogP contribution in [0.25, 0.3) is 0 Å². The second-order valence-corrected chi connectivity index (χ2v) is 14.9. The lowest BCUT2D eigenvalue weighted by atomic mass is 9.93. The van der Waals surface area contributed by atoms with E-state index in [-0.39, 0.29) is 54.4 Å². The number of rotatable bonds is 13. The number of halogens is 5. The van der Waals surface area contributed by atoms with Gasteiger partial charge in [0, 0.05) is 10.8 Å². The van der Waals surface area contributed by atoms with Crippen molar-refractivity contribution in [1.82, 2.24) is 29.9 Å². The standard InChI is InChI=1S/C22H20F2N4O3.C21H17ClF2N4O2/c1-13-18(10-26-20(11-29)27-13)31-12-22(14-3-2-4-15(23)7-14)8-17(22)21(30)28-19-6-5-16(24)9-25-19;1-12-17(10-26-20(22)27-12)30-11-21(13-3-2-4-14(23)7-13)8-16(21)19(29)28-18-6-5-15(24)9-25-18/h2-7,9-10,17,29H,8,11-12H2,1H3,(H,25,28,30);2-7,9-10,16H,8,11H2,1H3,(H,25,28,29)/t17-,22+;16-,21+/m00/s1. The molecule has 0 bridgehead atoms. The van der Waals surface area contributed by atoms with E-state index in [4.69, 9.17) is 26.2 Å². The zero-order valence-corrected chi connectivity index (χ0v) is 33.3. The minimum absolute atomic E-state index is 0.105. The molecule has 2 aliphatic carbocycles. The molecule has 314 valence electrons. The average Bonchev–Trinajstić information content (AvgIpc) is 4.17. The van der Waals surface area contributed by atoms with E-state index in [1.54, 1.807) is 38.1 Å². The van der Waals surface area contributed by atoms with Gasteiger partial charge in [0.1, 0.15) is 41.5 Å². The molecule has 4 heterocycles. The van der Waals surface area contributed by atoms with E-state index < -0.39 is 45.9 Å². The third kappa shape index (κ3) is 9.90. The van der Waals surface area contributed by atoms with Crippen LogP contribution in [0.2, 0.25) is 5.28 Å². The molecule has 61 heavy (non-hydrogen) atoms. The molecule has 0 unspecified atom stereocenters. The Morgan fingerprint density at radius 2 is 1.15 bits per heavy atom. The maximum atomic E-state index is 13.9. The molecule has 8 rings (SSSR count). The quantitative estimate of drug-likeness (QED) is 0.0805. The zero-order chi connectivity index (χ0) is 43.3. The Labute approximate surface area is 351 Å². The van der Waals surface area contributed by atoms with Crippen LogP contribution in [0.3, 0.4) is 0 Å². The monoisotopic (exact) mass is 856 g/mol. The second kappa shape index (κ2) is 17.9. The number of carbonyl (C=O) groups excluding carboxylic acids is 2. The van der Waals surface area contributed by atoms with E-state index in [2.05, 4.69) is 40.5 Å². The highest BCUT2D eigenvalue weighted by Gasteiger charge is 2.61. The number of aliphatic hydroxyl groups is 1. The Hall–Kier alpha value is -6.59. The number of benzene rings is 2. The first kappa shape index (κ1) is 42.5. The number of ether oxygens (including phenoxy) is 2. The van der Waals surface area contributed by atoms with Crippen molar-refractivity contribution in [3.05, 3.63) is 154 Å². The van der Waals surface area contributed by atoms with Crippen molar-refractivity contribution in [2.24, 2.45) is 11.8 Å². The van der Waals surface area contributed by atoms with E-state index in [1.165, 1.54) is 60.9 Å². The first-order chi connectivity index (χ1) is 29.3. The summed E-state index contributed by atoms with van der Waals surface area (Å²) < 4.78 is 65.8. The topological polar surface area (TPSA) is 174 Å². The molecule has 4 aromatic heterocycles. The maximum Gasteiger partial charge on any atom is 0.229 e. The van der Waals surface area contributed by atoms with Crippen molar-refractivity contribution in [2.45, 2.75) is 44.1 Å². The van der Waals surface area contributed by atoms with Crippen LogP contribution < -0.4 is 20.1 Å². The fourth-order valence-electron chi connectivity index (χ4n) is 7.05. The molecule has 0 aliphatic heterocycles. The van der Waals surface area contributed by atoms with Gasteiger partial charge in [-0.1, -0.05) is 24.3 Å². The minimum atomic E-state index is -0.742. The number of nitrogens with one attached hydrogen (secondary N) is 2. The van der Waals surface area contributed by atoms with Gasteiger partial charge in [-0.05, 0) is 97.9 Å². The highest BCUT2D eigenvalue weighted by atomic mass is 35.5. The van der Waals surface area contributed by atoms with Gasteiger partial charge < -0.3 is 25.2 Å². The summed E-state index contributed by atoms with van der Waals surface area (Å²) >= 11 is 5.78. The number of hydrogen-bond donors (Lipinski definition) is 3. The third-order valence-electron chi connectivity index (χ3n) is 10.5. The second-order valence-electron chi connectivity index (χ2n) is 14.6. The number of carbonyl (C=O) groups is 2. The van der Waals surface area contributed by atoms with Crippen molar-refractivity contribution in [3.63, 3.8) is 0 Å². The van der Waals surface area contributed by atoms with E-state index in [0.29, 0.717) is 46.9 Å². The highest BCUT2D eigenvalue weighted by Crippen LogP contribution is 2.56.